The number of hydrogen-bond acceptors (Lipinski definition) is 3. The van der Waals surface area contributed by atoms with Gasteiger partial charge < -0.3 is 4.90 Å². The summed E-state index contributed by atoms with van der Waals surface area (Å²) in [4.78, 5) is 11.2. The molecule has 0 spiro atoms. The molecule has 3 nitrogen and oxygen atoms in total. The van der Waals surface area contributed by atoms with Crippen molar-refractivity contribution in [1.29, 1.82) is 0 Å². The van der Waals surface area contributed by atoms with Crippen LogP contribution in [0.2, 0.25) is 0 Å². The summed E-state index contributed by atoms with van der Waals surface area (Å²) in [7, 11) is 0. The topological polar surface area (TPSA) is 29.0 Å². The van der Waals surface area contributed by atoms with Crippen LogP contribution in [-0.2, 0) is 5.88 Å². The average Bonchev–Trinajstić information content (AvgIpc) is 2.57. The molecule has 2 rings (SSSR count). The second-order valence-electron chi connectivity index (χ2n) is 4.32. The number of nitrogens with zero attached hydrogens (tertiary/aromatic N) is 3. The Morgan fingerprint density at radius 1 is 1.25 bits per heavy atom. The van der Waals surface area contributed by atoms with Gasteiger partial charge in [-0.05, 0) is 19.8 Å². The van der Waals surface area contributed by atoms with Gasteiger partial charge in [-0.1, -0.05) is 12.8 Å². The molecule has 0 unspecified atom stereocenters. The monoisotopic (exact) mass is 239 g/mol. The van der Waals surface area contributed by atoms with Crippen LogP contribution in [0.15, 0.2) is 6.20 Å². The molecular weight excluding hydrogens is 222 g/mol. The maximum Gasteiger partial charge on any atom is 0.225 e. The van der Waals surface area contributed by atoms with Gasteiger partial charge in [-0.3, -0.25) is 0 Å². The van der Waals surface area contributed by atoms with E-state index in [2.05, 4.69) is 14.9 Å². The number of rotatable bonds is 2. The maximum absolute atomic E-state index is 5.80. The summed E-state index contributed by atoms with van der Waals surface area (Å²) < 4.78 is 0. The molecule has 0 aromatic carbocycles. The van der Waals surface area contributed by atoms with Gasteiger partial charge in [0, 0.05) is 30.5 Å². The first kappa shape index (κ1) is 11.6. The van der Waals surface area contributed by atoms with Crippen molar-refractivity contribution < 1.29 is 0 Å². The molecular formula is C12H18ClN3. The van der Waals surface area contributed by atoms with Crippen LogP contribution >= 0.6 is 11.6 Å². The zero-order chi connectivity index (χ0) is 11.4. The SMILES string of the molecule is Cc1nc(N2CCCCCC2)ncc1CCl. The molecule has 2 heterocycles. The van der Waals surface area contributed by atoms with Crippen molar-refractivity contribution in [2.75, 3.05) is 18.0 Å². The zero-order valence-electron chi connectivity index (χ0n) is 9.75. The second kappa shape index (κ2) is 5.48. The standard InChI is InChI=1S/C12H18ClN3/c1-10-11(8-13)9-14-12(15-10)16-6-4-2-3-5-7-16/h9H,2-8H2,1H3. The summed E-state index contributed by atoms with van der Waals surface area (Å²) in [6.07, 6.45) is 7.01. The summed E-state index contributed by atoms with van der Waals surface area (Å²) in [5.74, 6) is 1.36. The van der Waals surface area contributed by atoms with E-state index < -0.39 is 0 Å². The van der Waals surface area contributed by atoms with Gasteiger partial charge in [0.1, 0.15) is 0 Å². The van der Waals surface area contributed by atoms with Crippen LogP contribution in [0.1, 0.15) is 36.9 Å². The smallest absolute Gasteiger partial charge is 0.225 e. The molecule has 0 amide bonds. The van der Waals surface area contributed by atoms with Crippen LogP contribution in [0.5, 0.6) is 0 Å². The summed E-state index contributed by atoms with van der Waals surface area (Å²) in [6, 6.07) is 0. The van der Waals surface area contributed by atoms with Crippen LogP contribution in [0, 0.1) is 6.92 Å². The van der Waals surface area contributed by atoms with Crippen molar-refractivity contribution in [3.05, 3.63) is 17.5 Å². The molecule has 1 aromatic heterocycles. The van der Waals surface area contributed by atoms with Gasteiger partial charge in [-0.25, -0.2) is 9.97 Å². The fraction of sp³-hybridized carbons (Fsp3) is 0.667. The van der Waals surface area contributed by atoms with Crippen LogP contribution in [0.25, 0.3) is 0 Å². The fourth-order valence-electron chi connectivity index (χ4n) is 2.03. The number of anilines is 1. The minimum atomic E-state index is 0.492. The number of aryl methyl sites for hydroxylation is 1. The Labute approximate surface area is 102 Å². The molecule has 0 radical (unpaired) electrons. The molecule has 0 N–H and O–H groups in total. The molecule has 0 atom stereocenters. The lowest BCUT2D eigenvalue weighted by Crippen LogP contribution is -2.26. The van der Waals surface area contributed by atoms with E-state index in [9.17, 15) is 0 Å². The molecule has 0 saturated carbocycles. The van der Waals surface area contributed by atoms with E-state index in [0.717, 1.165) is 30.3 Å². The summed E-state index contributed by atoms with van der Waals surface area (Å²) >= 11 is 5.80. The van der Waals surface area contributed by atoms with Gasteiger partial charge in [0.15, 0.2) is 0 Å². The largest absolute Gasteiger partial charge is 0.341 e. The lowest BCUT2D eigenvalue weighted by atomic mass is 10.2. The summed E-state index contributed by atoms with van der Waals surface area (Å²) in [6.45, 7) is 4.17. The average molecular weight is 240 g/mol. The molecule has 0 bridgehead atoms. The maximum atomic E-state index is 5.80. The first-order chi connectivity index (χ1) is 7.81. The third-order valence-electron chi connectivity index (χ3n) is 3.10. The minimum Gasteiger partial charge on any atom is -0.341 e. The third kappa shape index (κ3) is 2.64. The predicted octanol–water partition coefficient (Wildman–Crippen LogP) is 2.90. The Morgan fingerprint density at radius 3 is 2.50 bits per heavy atom. The molecule has 1 aliphatic rings. The zero-order valence-corrected chi connectivity index (χ0v) is 10.5. The molecule has 16 heavy (non-hydrogen) atoms. The Balaban J connectivity index is 2.16. The van der Waals surface area contributed by atoms with E-state index in [-0.39, 0.29) is 0 Å². The van der Waals surface area contributed by atoms with Gasteiger partial charge in [0.2, 0.25) is 5.95 Å². The van der Waals surface area contributed by atoms with Crippen LogP contribution in [0.4, 0.5) is 5.95 Å². The third-order valence-corrected chi connectivity index (χ3v) is 3.39. The molecule has 4 heteroatoms. The molecule has 88 valence electrons. The Bertz CT molecular complexity index is 346. The first-order valence-corrected chi connectivity index (χ1v) is 6.48. The van der Waals surface area contributed by atoms with Crippen LogP contribution in [0.3, 0.4) is 0 Å². The molecule has 1 saturated heterocycles. The number of halogens is 1. The summed E-state index contributed by atoms with van der Waals surface area (Å²) in [5, 5.41) is 0. The van der Waals surface area contributed by atoms with E-state index in [1.165, 1.54) is 25.7 Å². The van der Waals surface area contributed by atoms with Gasteiger partial charge in [0.05, 0.1) is 5.88 Å². The van der Waals surface area contributed by atoms with E-state index in [4.69, 9.17) is 11.6 Å². The lowest BCUT2D eigenvalue weighted by Gasteiger charge is -2.20. The van der Waals surface area contributed by atoms with E-state index in [1.54, 1.807) is 0 Å². The van der Waals surface area contributed by atoms with Gasteiger partial charge in [-0.15, -0.1) is 11.6 Å². The molecule has 1 aliphatic heterocycles. The highest BCUT2D eigenvalue weighted by atomic mass is 35.5. The lowest BCUT2D eigenvalue weighted by molar-refractivity contribution is 0.726. The highest BCUT2D eigenvalue weighted by Gasteiger charge is 2.13. The number of hydrogen-bond donors (Lipinski definition) is 0. The van der Waals surface area contributed by atoms with Gasteiger partial charge in [-0.2, -0.15) is 0 Å². The van der Waals surface area contributed by atoms with Gasteiger partial charge >= 0.3 is 0 Å². The van der Waals surface area contributed by atoms with Crippen molar-refractivity contribution in [2.24, 2.45) is 0 Å². The molecule has 1 aromatic rings. The fourth-order valence-corrected chi connectivity index (χ4v) is 2.30. The molecule has 0 aliphatic carbocycles. The van der Waals surface area contributed by atoms with Gasteiger partial charge in [0.25, 0.3) is 0 Å². The Morgan fingerprint density at radius 2 is 1.94 bits per heavy atom. The summed E-state index contributed by atoms with van der Waals surface area (Å²) in [5.41, 5.74) is 2.03. The van der Waals surface area contributed by atoms with Crippen molar-refractivity contribution in [1.82, 2.24) is 9.97 Å². The first-order valence-electron chi connectivity index (χ1n) is 5.94. The van der Waals surface area contributed by atoms with E-state index in [0.29, 0.717) is 5.88 Å². The highest BCUT2D eigenvalue weighted by Crippen LogP contribution is 2.17. The van der Waals surface area contributed by atoms with Crippen molar-refractivity contribution in [3.8, 4) is 0 Å². The quantitative estimate of drug-likeness (QED) is 0.744. The number of alkyl halides is 1. The minimum absolute atomic E-state index is 0.492. The molecule has 1 fully saturated rings. The van der Waals surface area contributed by atoms with Crippen molar-refractivity contribution in [3.63, 3.8) is 0 Å². The predicted molar refractivity (Wildman–Crippen MR) is 67.0 cm³/mol. The van der Waals surface area contributed by atoms with Crippen LogP contribution < -0.4 is 4.90 Å². The van der Waals surface area contributed by atoms with Crippen molar-refractivity contribution >= 4 is 17.5 Å². The van der Waals surface area contributed by atoms with E-state index >= 15 is 0 Å². The highest BCUT2D eigenvalue weighted by molar-refractivity contribution is 6.17. The normalized spacial score (nSPS) is 17.2. The van der Waals surface area contributed by atoms with Crippen LogP contribution in [-0.4, -0.2) is 23.1 Å². The number of aromatic nitrogens is 2. The Hall–Kier alpha value is -0.830. The second-order valence-corrected chi connectivity index (χ2v) is 4.58. The van der Waals surface area contributed by atoms with Crippen molar-refractivity contribution in [2.45, 2.75) is 38.5 Å². The Kier molecular flexibility index (Phi) is 3.99. The van der Waals surface area contributed by atoms with E-state index in [1.807, 2.05) is 13.1 Å².